The fourth-order valence-corrected chi connectivity index (χ4v) is 2.34. The van der Waals surface area contributed by atoms with Gasteiger partial charge in [0.05, 0.1) is 10.9 Å². The number of nitrogen functional groups attached to an aromatic ring is 1. The van der Waals surface area contributed by atoms with E-state index in [0.717, 1.165) is 12.8 Å². The molecule has 1 aliphatic carbocycles. The first-order chi connectivity index (χ1) is 8.24. The third-order valence-corrected chi connectivity index (χ3v) is 3.51. The molecule has 2 N–H and O–H groups in total. The Hall–Kier alpha value is -1.63. The van der Waals surface area contributed by atoms with Crippen LogP contribution in [0.1, 0.15) is 18.9 Å². The first-order valence-corrected chi connectivity index (χ1v) is 6.06. The molecule has 1 aliphatic rings. The van der Waals surface area contributed by atoms with Crippen LogP contribution in [-0.2, 0) is 0 Å². The quantitative estimate of drug-likeness (QED) is 0.843. The molecule has 7 heteroatoms. The first-order valence-electron chi connectivity index (χ1n) is 5.25. The van der Waals surface area contributed by atoms with Gasteiger partial charge >= 0.3 is 0 Å². The number of rotatable bonds is 3. The van der Waals surface area contributed by atoms with Crippen molar-refractivity contribution in [2.75, 3.05) is 5.73 Å². The molecule has 1 aromatic carbocycles. The van der Waals surface area contributed by atoms with E-state index < -0.39 is 0 Å². The highest BCUT2D eigenvalue weighted by Gasteiger charge is 2.28. The SMILES string of the molecule is Nc1ccc(Sc2nnnn2C2CC2)c(F)c1. The van der Waals surface area contributed by atoms with Gasteiger partial charge in [-0.05, 0) is 53.2 Å². The lowest BCUT2D eigenvalue weighted by molar-refractivity contribution is 0.563. The molecular weight excluding hydrogens is 241 g/mol. The highest BCUT2D eigenvalue weighted by molar-refractivity contribution is 7.99. The van der Waals surface area contributed by atoms with Crippen molar-refractivity contribution in [2.45, 2.75) is 28.9 Å². The zero-order valence-electron chi connectivity index (χ0n) is 8.88. The maximum absolute atomic E-state index is 13.6. The van der Waals surface area contributed by atoms with E-state index in [9.17, 15) is 4.39 Å². The van der Waals surface area contributed by atoms with Crippen LogP contribution in [0.2, 0.25) is 0 Å². The largest absolute Gasteiger partial charge is 0.399 e. The minimum atomic E-state index is -0.347. The summed E-state index contributed by atoms with van der Waals surface area (Å²) in [6, 6.07) is 4.98. The summed E-state index contributed by atoms with van der Waals surface area (Å²) in [5, 5.41) is 12.1. The number of hydrogen-bond acceptors (Lipinski definition) is 5. The van der Waals surface area contributed by atoms with Gasteiger partial charge in [0.25, 0.3) is 0 Å². The second kappa shape index (κ2) is 3.99. The summed E-state index contributed by atoms with van der Waals surface area (Å²) in [7, 11) is 0. The summed E-state index contributed by atoms with van der Waals surface area (Å²) in [4.78, 5) is 0.482. The van der Waals surface area contributed by atoms with Crippen molar-refractivity contribution in [1.29, 1.82) is 0 Å². The van der Waals surface area contributed by atoms with Crippen LogP contribution in [0.15, 0.2) is 28.3 Å². The molecule has 0 bridgehead atoms. The van der Waals surface area contributed by atoms with Crippen molar-refractivity contribution in [3.8, 4) is 0 Å². The number of halogens is 1. The Bertz CT molecular complexity index is 551. The van der Waals surface area contributed by atoms with E-state index in [1.54, 1.807) is 16.8 Å². The lowest BCUT2D eigenvalue weighted by atomic mass is 10.3. The highest BCUT2D eigenvalue weighted by Crippen LogP contribution is 2.38. The van der Waals surface area contributed by atoms with Crippen LogP contribution in [0.5, 0.6) is 0 Å². The summed E-state index contributed by atoms with van der Waals surface area (Å²) in [6.07, 6.45) is 2.17. The number of nitrogens with zero attached hydrogens (tertiary/aromatic N) is 4. The maximum atomic E-state index is 13.6. The van der Waals surface area contributed by atoms with Crippen LogP contribution in [0.3, 0.4) is 0 Å². The van der Waals surface area contributed by atoms with Crippen molar-refractivity contribution in [3.05, 3.63) is 24.0 Å². The van der Waals surface area contributed by atoms with Crippen LogP contribution < -0.4 is 5.73 Å². The molecule has 2 aromatic rings. The van der Waals surface area contributed by atoms with Gasteiger partial charge in [-0.1, -0.05) is 0 Å². The maximum Gasteiger partial charge on any atom is 0.214 e. The van der Waals surface area contributed by atoms with Gasteiger partial charge in [-0.25, -0.2) is 9.07 Å². The molecule has 0 atom stereocenters. The van der Waals surface area contributed by atoms with E-state index in [0.29, 0.717) is 21.8 Å². The number of benzene rings is 1. The molecule has 0 aliphatic heterocycles. The van der Waals surface area contributed by atoms with E-state index in [-0.39, 0.29) is 5.82 Å². The third kappa shape index (κ3) is 2.10. The molecule has 0 amide bonds. The van der Waals surface area contributed by atoms with Gasteiger partial charge in [0.2, 0.25) is 5.16 Å². The Balaban J connectivity index is 1.88. The van der Waals surface area contributed by atoms with Crippen molar-refractivity contribution < 1.29 is 4.39 Å². The van der Waals surface area contributed by atoms with Crippen molar-refractivity contribution in [2.24, 2.45) is 0 Å². The molecule has 5 nitrogen and oxygen atoms in total. The van der Waals surface area contributed by atoms with E-state index in [4.69, 9.17) is 5.73 Å². The smallest absolute Gasteiger partial charge is 0.214 e. The van der Waals surface area contributed by atoms with E-state index in [1.165, 1.54) is 17.8 Å². The molecule has 17 heavy (non-hydrogen) atoms. The Kier molecular flexibility index (Phi) is 2.47. The highest BCUT2D eigenvalue weighted by atomic mass is 32.2. The van der Waals surface area contributed by atoms with Crippen LogP contribution in [-0.4, -0.2) is 20.2 Å². The fourth-order valence-electron chi connectivity index (χ4n) is 1.50. The molecule has 0 unspecified atom stereocenters. The van der Waals surface area contributed by atoms with Gasteiger partial charge in [-0.15, -0.1) is 5.10 Å². The monoisotopic (exact) mass is 251 g/mol. The molecule has 1 fully saturated rings. The molecule has 1 saturated carbocycles. The number of hydrogen-bond donors (Lipinski definition) is 1. The van der Waals surface area contributed by atoms with Crippen LogP contribution in [0, 0.1) is 5.82 Å². The Morgan fingerprint density at radius 3 is 2.94 bits per heavy atom. The van der Waals surface area contributed by atoms with Crippen molar-refractivity contribution in [1.82, 2.24) is 20.2 Å². The Labute approximate surface area is 101 Å². The minimum Gasteiger partial charge on any atom is -0.399 e. The summed E-state index contributed by atoms with van der Waals surface area (Å²) >= 11 is 1.22. The molecule has 1 heterocycles. The molecule has 88 valence electrons. The Morgan fingerprint density at radius 1 is 1.41 bits per heavy atom. The van der Waals surface area contributed by atoms with Crippen molar-refractivity contribution >= 4 is 17.4 Å². The lowest BCUT2D eigenvalue weighted by Gasteiger charge is -2.03. The molecule has 1 aromatic heterocycles. The van der Waals surface area contributed by atoms with E-state index in [1.807, 2.05) is 0 Å². The number of aromatic nitrogens is 4. The normalized spacial score (nSPS) is 15.1. The summed E-state index contributed by atoms with van der Waals surface area (Å²) < 4.78 is 15.4. The number of nitrogens with two attached hydrogens (primary N) is 1. The fraction of sp³-hybridized carbons (Fsp3) is 0.300. The van der Waals surface area contributed by atoms with Gasteiger partial charge in [0, 0.05) is 5.69 Å². The van der Waals surface area contributed by atoms with Gasteiger partial charge < -0.3 is 5.73 Å². The zero-order chi connectivity index (χ0) is 11.8. The number of tetrazole rings is 1. The standard InChI is InChI=1S/C10H10FN5S/c11-8-5-6(12)1-4-9(8)17-10-13-14-15-16(10)7-2-3-7/h1,4-5,7H,2-3,12H2. The summed E-state index contributed by atoms with van der Waals surface area (Å²) in [5.74, 6) is -0.347. The number of anilines is 1. The van der Waals surface area contributed by atoms with Crippen LogP contribution in [0.25, 0.3) is 0 Å². The molecule has 0 saturated heterocycles. The van der Waals surface area contributed by atoms with Gasteiger partial charge in [0.1, 0.15) is 5.82 Å². The second-order valence-electron chi connectivity index (χ2n) is 3.93. The third-order valence-electron chi connectivity index (χ3n) is 2.51. The predicted octanol–water partition coefficient (Wildman–Crippen LogP) is 1.88. The lowest BCUT2D eigenvalue weighted by Crippen LogP contribution is -1.99. The average molecular weight is 251 g/mol. The van der Waals surface area contributed by atoms with Crippen LogP contribution in [0.4, 0.5) is 10.1 Å². The van der Waals surface area contributed by atoms with Gasteiger partial charge in [0.15, 0.2) is 0 Å². The predicted molar refractivity (Wildman–Crippen MR) is 61.0 cm³/mol. The second-order valence-corrected chi connectivity index (χ2v) is 4.94. The molecule has 3 rings (SSSR count). The summed E-state index contributed by atoms with van der Waals surface area (Å²) in [5.41, 5.74) is 5.91. The molecular formula is C10H10FN5S. The molecule has 0 spiro atoms. The van der Waals surface area contributed by atoms with Gasteiger partial charge in [-0.3, -0.25) is 0 Å². The molecule has 0 radical (unpaired) electrons. The topological polar surface area (TPSA) is 69.6 Å². The van der Waals surface area contributed by atoms with E-state index in [2.05, 4.69) is 15.5 Å². The first kappa shape index (κ1) is 10.5. The van der Waals surface area contributed by atoms with Crippen LogP contribution >= 0.6 is 11.8 Å². The zero-order valence-corrected chi connectivity index (χ0v) is 9.69. The Morgan fingerprint density at radius 2 is 2.24 bits per heavy atom. The summed E-state index contributed by atoms with van der Waals surface area (Å²) in [6.45, 7) is 0. The average Bonchev–Trinajstić information content (AvgIpc) is 3.03. The van der Waals surface area contributed by atoms with Crippen molar-refractivity contribution in [3.63, 3.8) is 0 Å². The van der Waals surface area contributed by atoms with Gasteiger partial charge in [-0.2, -0.15) is 0 Å². The van der Waals surface area contributed by atoms with E-state index >= 15 is 0 Å². The minimum absolute atomic E-state index is 0.347.